The smallest absolute Gasteiger partial charge is 0.222 e. The lowest BCUT2D eigenvalue weighted by Gasteiger charge is -2.36. The Balaban J connectivity index is 0.00000156. The van der Waals surface area contributed by atoms with Crippen molar-refractivity contribution in [1.29, 1.82) is 0 Å². The molecule has 2 saturated heterocycles. The number of halogens is 2. The first kappa shape index (κ1) is 21.9. The number of piperidine rings is 1. The number of carbonyl (C=O) groups is 1. The Morgan fingerprint density at radius 3 is 2.52 bits per heavy atom. The van der Waals surface area contributed by atoms with Crippen molar-refractivity contribution in [3.8, 4) is 0 Å². The fraction of sp³-hybridized carbons (Fsp3) is 0.706. The van der Waals surface area contributed by atoms with Crippen LogP contribution in [0.25, 0.3) is 0 Å². The number of piperazine rings is 1. The first-order valence-corrected chi connectivity index (χ1v) is 8.75. The third-order valence-corrected chi connectivity index (χ3v) is 5.20. The summed E-state index contributed by atoms with van der Waals surface area (Å²) in [4.78, 5) is 16.8. The van der Waals surface area contributed by atoms with E-state index in [9.17, 15) is 4.79 Å². The van der Waals surface area contributed by atoms with Crippen molar-refractivity contribution in [2.75, 3.05) is 44.2 Å². The molecule has 2 fully saturated rings. The second-order valence-corrected chi connectivity index (χ2v) is 6.72. The zero-order chi connectivity index (χ0) is 16.1. The molecule has 3 rings (SSSR count). The van der Waals surface area contributed by atoms with Crippen molar-refractivity contribution in [3.63, 3.8) is 0 Å². The summed E-state index contributed by atoms with van der Waals surface area (Å²) in [5.41, 5.74) is 0. The molecule has 1 N–H and O–H groups in total. The quantitative estimate of drug-likeness (QED) is 0.852. The van der Waals surface area contributed by atoms with Crippen molar-refractivity contribution >= 4 is 36.5 Å². The highest BCUT2D eigenvalue weighted by Gasteiger charge is 2.26. The Kier molecular flexibility index (Phi) is 9.46. The minimum atomic E-state index is 0. The number of hydrogen-bond acceptors (Lipinski definition) is 5. The molecule has 6 nitrogen and oxygen atoms in total. The lowest BCUT2D eigenvalue weighted by Crippen LogP contribution is -2.49. The highest BCUT2D eigenvalue weighted by molar-refractivity contribution is 5.85. The van der Waals surface area contributed by atoms with Crippen LogP contribution < -0.4 is 10.2 Å². The zero-order valence-corrected chi connectivity index (χ0v) is 16.4. The molecule has 0 bridgehead atoms. The highest BCUT2D eigenvalue weighted by atomic mass is 35.5. The number of amides is 1. The molecular weight excluding hydrogens is 361 g/mol. The molecule has 0 aromatic carbocycles. The van der Waals surface area contributed by atoms with Crippen LogP contribution in [0.1, 0.15) is 26.2 Å². The predicted octanol–water partition coefficient (Wildman–Crippen LogP) is 1.99. The Morgan fingerprint density at radius 2 is 1.92 bits per heavy atom. The molecule has 1 atom stereocenters. The van der Waals surface area contributed by atoms with Gasteiger partial charge in [0, 0.05) is 38.8 Å². The fourth-order valence-electron chi connectivity index (χ4n) is 3.63. The monoisotopic (exact) mass is 389 g/mol. The Hall–Kier alpha value is -1.11. The van der Waals surface area contributed by atoms with Crippen LogP contribution in [0.5, 0.6) is 0 Å². The van der Waals surface area contributed by atoms with Gasteiger partial charge in [0.05, 0.1) is 0 Å². The summed E-state index contributed by atoms with van der Waals surface area (Å²) in [7, 11) is 0. The molecule has 0 aliphatic carbocycles. The van der Waals surface area contributed by atoms with Crippen LogP contribution in [0, 0.1) is 11.8 Å². The Morgan fingerprint density at radius 1 is 1.24 bits per heavy atom. The second kappa shape index (κ2) is 10.8. The third kappa shape index (κ3) is 5.97. The van der Waals surface area contributed by atoms with Crippen LogP contribution in [0.2, 0.25) is 0 Å². The lowest BCUT2D eigenvalue weighted by atomic mass is 9.84. The molecular formula is C17H29Cl2N5O. The maximum absolute atomic E-state index is 12.6. The summed E-state index contributed by atoms with van der Waals surface area (Å²) >= 11 is 0. The van der Waals surface area contributed by atoms with E-state index >= 15 is 0 Å². The maximum atomic E-state index is 12.6. The molecule has 1 aromatic rings. The zero-order valence-electron chi connectivity index (χ0n) is 14.8. The average molecular weight is 390 g/mol. The largest absolute Gasteiger partial charge is 0.352 e. The van der Waals surface area contributed by atoms with E-state index < -0.39 is 0 Å². The van der Waals surface area contributed by atoms with Gasteiger partial charge in [0.2, 0.25) is 5.91 Å². The number of anilines is 1. The van der Waals surface area contributed by atoms with E-state index in [1.54, 1.807) is 6.20 Å². The molecule has 8 heteroatoms. The van der Waals surface area contributed by atoms with Gasteiger partial charge in [-0.2, -0.15) is 5.10 Å². The van der Waals surface area contributed by atoms with Gasteiger partial charge in [0.1, 0.15) is 0 Å². The predicted molar refractivity (Wildman–Crippen MR) is 105 cm³/mol. The van der Waals surface area contributed by atoms with E-state index in [1.807, 2.05) is 17.0 Å². The van der Waals surface area contributed by atoms with E-state index in [4.69, 9.17) is 0 Å². The number of carbonyl (C=O) groups excluding carboxylic acids is 1. The van der Waals surface area contributed by atoms with Crippen LogP contribution >= 0.6 is 24.8 Å². The van der Waals surface area contributed by atoms with E-state index in [0.29, 0.717) is 24.2 Å². The standard InChI is InChI=1S/C17H27N5O.2ClH/c1-14(15-4-7-18-8-5-15)13-17(23)22-11-9-21(10-12-22)16-3-2-6-19-20-16;;/h2-3,6,14-15,18H,4-5,7-13H2,1H3;2*1H. The molecule has 142 valence electrons. The Labute approximate surface area is 162 Å². The van der Waals surface area contributed by atoms with Crippen LogP contribution in [-0.2, 0) is 4.79 Å². The lowest BCUT2D eigenvalue weighted by molar-refractivity contribution is -0.132. The van der Waals surface area contributed by atoms with E-state index in [1.165, 1.54) is 12.8 Å². The SMILES string of the molecule is CC(CC(=O)N1CCN(c2cccnn2)CC1)C1CCNCC1.Cl.Cl. The van der Waals surface area contributed by atoms with Crippen molar-refractivity contribution < 1.29 is 4.79 Å². The molecule has 0 spiro atoms. The number of nitrogens with one attached hydrogen (secondary N) is 1. The summed E-state index contributed by atoms with van der Waals surface area (Å²) < 4.78 is 0. The van der Waals surface area contributed by atoms with Gasteiger partial charge in [-0.15, -0.1) is 29.9 Å². The summed E-state index contributed by atoms with van der Waals surface area (Å²) in [6, 6.07) is 3.88. The van der Waals surface area contributed by atoms with Crippen molar-refractivity contribution in [2.24, 2.45) is 11.8 Å². The minimum absolute atomic E-state index is 0. The van der Waals surface area contributed by atoms with Gasteiger partial charge in [0.15, 0.2) is 5.82 Å². The van der Waals surface area contributed by atoms with Gasteiger partial charge in [-0.25, -0.2) is 0 Å². The molecule has 25 heavy (non-hydrogen) atoms. The van der Waals surface area contributed by atoms with E-state index in [2.05, 4.69) is 27.3 Å². The number of hydrogen-bond donors (Lipinski definition) is 1. The van der Waals surface area contributed by atoms with Crippen molar-refractivity contribution in [2.45, 2.75) is 26.2 Å². The summed E-state index contributed by atoms with van der Waals surface area (Å²) in [6.07, 6.45) is 4.78. The third-order valence-electron chi connectivity index (χ3n) is 5.20. The fourth-order valence-corrected chi connectivity index (χ4v) is 3.63. The number of rotatable bonds is 4. The molecule has 1 amide bonds. The summed E-state index contributed by atoms with van der Waals surface area (Å²) in [5, 5.41) is 11.5. The first-order chi connectivity index (χ1) is 11.2. The maximum Gasteiger partial charge on any atom is 0.222 e. The van der Waals surface area contributed by atoms with Crippen LogP contribution in [0.3, 0.4) is 0 Å². The van der Waals surface area contributed by atoms with Gasteiger partial charge in [-0.05, 0) is 49.9 Å². The van der Waals surface area contributed by atoms with Crippen LogP contribution in [0.4, 0.5) is 5.82 Å². The summed E-state index contributed by atoms with van der Waals surface area (Å²) in [5.74, 6) is 2.40. The van der Waals surface area contributed by atoms with E-state index in [-0.39, 0.29) is 24.8 Å². The summed E-state index contributed by atoms with van der Waals surface area (Å²) in [6.45, 7) is 7.69. The minimum Gasteiger partial charge on any atom is -0.352 e. The number of nitrogens with zero attached hydrogens (tertiary/aromatic N) is 4. The van der Waals surface area contributed by atoms with Crippen molar-refractivity contribution in [3.05, 3.63) is 18.3 Å². The molecule has 1 aromatic heterocycles. The normalized spacial score (nSPS) is 19.6. The van der Waals surface area contributed by atoms with Crippen LogP contribution in [-0.4, -0.2) is 60.3 Å². The van der Waals surface area contributed by atoms with Gasteiger partial charge < -0.3 is 15.1 Å². The molecule has 2 aliphatic heterocycles. The topological polar surface area (TPSA) is 61.4 Å². The van der Waals surface area contributed by atoms with Gasteiger partial charge in [0.25, 0.3) is 0 Å². The van der Waals surface area contributed by atoms with Crippen LogP contribution in [0.15, 0.2) is 18.3 Å². The van der Waals surface area contributed by atoms with Gasteiger partial charge in [-0.1, -0.05) is 6.92 Å². The highest BCUT2D eigenvalue weighted by Crippen LogP contribution is 2.25. The average Bonchev–Trinajstić information content (AvgIpc) is 2.63. The first-order valence-electron chi connectivity index (χ1n) is 8.75. The van der Waals surface area contributed by atoms with Gasteiger partial charge >= 0.3 is 0 Å². The Bertz CT molecular complexity index is 505. The molecule has 2 aliphatic rings. The molecule has 1 unspecified atom stereocenters. The van der Waals surface area contributed by atoms with E-state index in [0.717, 1.165) is 45.1 Å². The van der Waals surface area contributed by atoms with Crippen molar-refractivity contribution in [1.82, 2.24) is 20.4 Å². The molecule has 0 saturated carbocycles. The van der Waals surface area contributed by atoms with Gasteiger partial charge in [-0.3, -0.25) is 4.79 Å². The second-order valence-electron chi connectivity index (χ2n) is 6.72. The number of aromatic nitrogens is 2. The molecule has 3 heterocycles. The molecule has 0 radical (unpaired) electrons.